The smallest absolute Gasteiger partial charge is 1.00 e. The summed E-state index contributed by atoms with van der Waals surface area (Å²) in [6.45, 7) is 0. The molecule has 0 fully saturated rings. The Morgan fingerprint density at radius 1 is 0.632 bits per heavy atom. The molecule has 92 valence electrons. The van der Waals surface area contributed by atoms with Crippen molar-refractivity contribution in [3.63, 3.8) is 0 Å². The summed E-state index contributed by atoms with van der Waals surface area (Å²) < 4.78 is 25.3. The van der Waals surface area contributed by atoms with Crippen molar-refractivity contribution in [1.29, 1.82) is 0 Å². The van der Waals surface area contributed by atoms with Crippen LogP contribution in [0.15, 0.2) is 48.5 Å². The van der Waals surface area contributed by atoms with Gasteiger partial charge in [-0.3, -0.25) is 0 Å². The maximum absolute atomic E-state index is 12.6. The Balaban J connectivity index is -0.000000640. The normalized spacial score (nSPS) is 8.11. The largest absolute Gasteiger partial charge is 2.00 e. The van der Waals surface area contributed by atoms with E-state index in [2.05, 4.69) is 0 Å². The summed E-state index contributed by atoms with van der Waals surface area (Å²) >= 11 is 0. The fraction of sp³-hybridized carbons (Fsp3) is 0. The van der Waals surface area contributed by atoms with Gasteiger partial charge < -0.3 is 42.5 Å². The molecule has 0 aliphatic rings. The summed E-state index contributed by atoms with van der Waals surface area (Å²) in [6, 6.07) is 12.6. The van der Waals surface area contributed by atoms with Gasteiger partial charge in [0.2, 0.25) is 0 Å². The van der Waals surface area contributed by atoms with Crippen molar-refractivity contribution in [3.8, 4) is 0 Å². The van der Waals surface area contributed by atoms with Crippen LogP contribution < -0.4 is 63.4 Å². The second kappa shape index (κ2) is 12.8. The Kier molecular flexibility index (Phi) is 16.8. The van der Waals surface area contributed by atoms with Gasteiger partial charge in [0.05, 0.1) is 0 Å². The van der Waals surface area contributed by atoms with Crippen LogP contribution in [0.3, 0.4) is 0 Å². The van der Waals surface area contributed by atoms with E-state index in [4.69, 9.17) is 0 Å². The van der Waals surface area contributed by atoms with Crippen molar-refractivity contribution in [2.45, 2.75) is 0 Å². The third-order valence-electron chi connectivity index (χ3n) is 1.91. The van der Waals surface area contributed by atoms with Crippen molar-refractivity contribution in [1.82, 2.24) is 0 Å². The Hall–Kier alpha value is 1.05. The van der Waals surface area contributed by atoms with Gasteiger partial charge in [-0.15, -0.1) is 0 Å². The van der Waals surface area contributed by atoms with Crippen molar-refractivity contribution in [2.24, 2.45) is 0 Å². The fourth-order valence-corrected chi connectivity index (χ4v) is 2.07. The standard InChI is InChI=1S/C12H8F2P.2BrH.Li.Mg/c13-9-1-5-11(6-2-9)15-12-7-3-10(14)4-8-12;;;;/h1-8H;2*1H;;/q-1;;;+1;+2/p-2. The monoisotopic (exact) mass is 410 g/mol. The van der Waals surface area contributed by atoms with Gasteiger partial charge in [-0.2, -0.15) is 10.6 Å². The molecule has 2 aromatic rings. The van der Waals surface area contributed by atoms with Crippen LogP contribution in [-0.4, -0.2) is 23.1 Å². The third kappa shape index (κ3) is 8.83. The Bertz CT molecular complexity index is 411. The molecule has 0 spiro atoms. The van der Waals surface area contributed by atoms with E-state index in [-0.39, 0.29) is 87.5 Å². The van der Waals surface area contributed by atoms with Crippen LogP contribution in [0.25, 0.3) is 0 Å². The molecule has 2 rings (SSSR count). The Morgan fingerprint density at radius 3 is 1.16 bits per heavy atom. The van der Waals surface area contributed by atoms with Crippen LogP contribution in [0.1, 0.15) is 0 Å². The molecule has 0 heterocycles. The number of rotatable bonds is 2. The van der Waals surface area contributed by atoms with Crippen LogP contribution in [0, 0.1) is 11.6 Å². The minimum atomic E-state index is -0.243. The van der Waals surface area contributed by atoms with Gasteiger partial charge in [0, 0.05) is 0 Å². The van der Waals surface area contributed by atoms with E-state index in [1.807, 2.05) is 0 Å². The molecule has 19 heavy (non-hydrogen) atoms. The predicted octanol–water partition coefficient (Wildman–Crippen LogP) is -6.51. The Labute approximate surface area is 162 Å². The SMILES string of the molecule is Fc1ccc([P-]c2ccc(F)cc2)cc1.[Br-].[Br-].[Li+].[Mg+2]. The summed E-state index contributed by atoms with van der Waals surface area (Å²) in [7, 11) is 0.954. The molecule has 0 atom stereocenters. The van der Waals surface area contributed by atoms with E-state index in [9.17, 15) is 8.78 Å². The molecule has 0 aliphatic carbocycles. The van der Waals surface area contributed by atoms with Crippen LogP contribution in [0.2, 0.25) is 0 Å². The molecule has 0 saturated heterocycles. The van der Waals surface area contributed by atoms with Crippen LogP contribution in [0.4, 0.5) is 8.78 Å². The second-order valence-electron chi connectivity index (χ2n) is 3.06. The number of hydrogen-bond acceptors (Lipinski definition) is 0. The number of halogens is 4. The molecule has 7 heteroatoms. The topological polar surface area (TPSA) is 0 Å². The van der Waals surface area contributed by atoms with E-state index in [1.54, 1.807) is 24.3 Å². The fourth-order valence-electron chi connectivity index (χ4n) is 1.18. The molecule has 0 aliphatic heterocycles. The number of hydrogen-bond donors (Lipinski definition) is 0. The molecular formula is C12H8Br2F2LiMgP. The Morgan fingerprint density at radius 2 is 0.895 bits per heavy atom. The van der Waals surface area contributed by atoms with Gasteiger partial charge in [-0.25, -0.2) is 8.78 Å². The summed E-state index contributed by atoms with van der Waals surface area (Å²) in [5.41, 5.74) is 0. The predicted molar refractivity (Wildman–Crippen MR) is 64.7 cm³/mol. The van der Waals surface area contributed by atoms with Crippen LogP contribution >= 0.6 is 8.58 Å². The molecule has 0 unspecified atom stereocenters. The zero-order valence-corrected chi connectivity index (χ0v) is 15.8. The van der Waals surface area contributed by atoms with Crippen LogP contribution in [-0.2, 0) is 0 Å². The first-order chi connectivity index (χ1) is 7.24. The second-order valence-corrected chi connectivity index (χ2v) is 4.32. The molecule has 2 aromatic carbocycles. The quantitative estimate of drug-likeness (QED) is 0.340. The molecule has 0 radical (unpaired) electrons. The van der Waals surface area contributed by atoms with Gasteiger partial charge in [0.1, 0.15) is 11.6 Å². The minimum absolute atomic E-state index is 0. The molecule has 0 aromatic heterocycles. The molecule has 0 saturated carbocycles. The minimum Gasteiger partial charge on any atom is -1.00 e. The molecule has 0 bridgehead atoms. The molecule has 0 amide bonds. The first kappa shape index (κ1) is 25.0. The maximum Gasteiger partial charge on any atom is 2.00 e. The zero-order chi connectivity index (χ0) is 10.7. The summed E-state index contributed by atoms with van der Waals surface area (Å²) in [5.74, 6) is -0.485. The molecule has 0 nitrogen and oxygen atoms in total. The van der Waals surface area contributed by atoms with E-state index >= 15 is 0 Å². The number of benzene rings is 2. The van der Waals surface area contributed by atoms with Gasteiger partial charge in [0.25, 0.3) is 0 Å². The zero-order valence-electron chi connectivity index (χ0n) is 10.3. The maximum atomic E-state index is 12.6. The van der Waals surface area contributed by atoms with Gasteiger partial charge in [0.15, 0.2) is 0 Å². The summed E-state index contributed by atoms with van der Waals surface area (Å²) in [5, 5.41) is 1.98. The first-order valence-electron chi connectivity index (χ1n) is 4.47. The summed E-state index contributed by atoms with van der Waals surface area (Å²) in [6.07, 6.45) is 0. The van der Waals surface area contributed by atoms with Crippen molar-refractivity contribution in [2.75, 3.05) is 0 Å². The van der Waals surface area contributed by atoms with E-state index < -0.39 is 0 Å². The van der Waals surface area contributed by atoms with Gasteiger partial charge >= 0.3 is 41.9 Å². The van der Waals surface area contributed by atoms with Gasteiger partial charge in [-0.05, 0) is 24.3 Å². The van der Waals surface area contributed by atoms with Crippen molar-refractivity contribution in [3.05, 3.63) is 60.2 Å². The van der Waals surface area contributed by atoms with Crippen molar-refractivity contribution >= 4 is 42.2 Å². The van der Waals surface area contributed by atoms with E-state index in [0.717, 1.165) is 19.2 Å². The molecular weight excluding hydrogens is 404 g/mol. The van der Waals surface area contributed by atoms with Crippen molar-refractivity contribution < 1.29 is 61.6 Å². The van der Waals surface area contributed by atoms with E-state index in [1.165, 1.54) is 24.3 Å². The summed E-state index contributed by atoms with van der Waals surface area (Å²) in [4.78, 5) is 0. The van der Waals surface area contributed by atoms with Crippen LogP contribution in [0.5, 0.6) is 0 Å². The first-order valence-corrected chi connectivity index (χ1v) is 5.36. The third-order valence-corrected chi connectivity index (χ3v) is 3.02. The van der Waals surface area contributed by atoms with E-state index in [0.29, 0.717) is 0 Å². The van der Waals surface area contributed by atoms with Gasteiger partial charge in [-0.1, -0.05) is 24.3 Å². The molecule has 0 N–H and O–H groups in total. The average molecular weight is 412 g/mol. The average Bonchev–Trinajstić information content (AvgIpc) is 2.25.